The van der Waals surface area contributed by atoms with E-state index in [1.165, 1.54) is 6.92 Å². The first kappa shape index (κ1) is 16.2. The highest BCUT2D eigenvalue weighted by Gasteiger charge is 2.36. The van der Waals surface area contributed by atoms with Crippen LogP contribution in [0, 0.1) is 11.8 Å². The number of carboxylic acid groups (broad SMARTS) is 1. The molecule has 116 valence electrons. The Balaban J connectivity index is 2.11. The van der Waals surface area contributed by atoms with Crippen LogP contribution in [0.15, 0.2) is 35.4 Å². The Kier molecular flexibility index (Phi) is 4.98. The van der Waals surface area contributed by atoms with Gasteiger partial charge in [0.25, 0.3) is 0 Å². The van der Waals surface area contributed by atoms with Crippen molar-refractivity contribution in [3.8, 4) is 0 Å². The average Bonchev–Trinajstić information content (AvgIpc) is 2.47. The predicted octanol–water partition coefficient (Wildman–Crippen LogP) is 3.06. The van der Waals surface area contributed by atoms with Crippen molar-refractivity contribution in [2.24, 2.45) is 11.8 Å². The van der Waals surface area contributed by atoms with Crippen LogP contribution in [0.25, 0.3) is 0 Å². The number of halogens is 1. The number of carbonyl (C=O) groups is 3. The third-order valence-corrected chi connectivity index (χ3v) is 4.02. The molecule has 1 amide bonds. The molecule has 1 aromatic carbocycles. The van der Waals surface area contributed by atoms with Crippen LogP contribution in [-0.2, 0) is 9.59 Å². The van der Waals surface area contributed by atoms with Crippen molar-refractivity contribution in [3.63, 3.8) is 0 Å². The van der Waals surface area contributed by atoms with Gasteiger partial charge in [-0.15, -0.1) is 0 Å². The Morgan fingerprint density at radius 3 is 2.36 bits per heavy atom. The Morgan fingerprint density at radius 1 is 1.18 bits per heavy atom. The molecule has 0 bridgehead atoms. The smallest absolute Gasteiger partial charge is 0.307 e. The average molecular weight is 322 g/mol. The molecule has 2 N–H and O–H groups in total. The van der Waals surface area contributed by atoms with Gasteiger partial charge in [0.15, 0.2) is 5.78 Å². The summed E-state index contributed by atoms with van der Waals surface area (Å²) < 4.78 is 0. The molecule has 1 aliphatic carbocycles. The van der Waals surface area contributed by atoms with Gasteiger partial charge in [-0.3, -0.25) is 14.4 Å². The maximum Gasteiger partial charge on any atom is 0.307 e. The fraction of sp³-hybridized carbons (Fsp3) is 0.312. The van der Waals surface area contributed by atoms with Crippen LogP contribution in [0.2, 0.25) is 0 Å². The lowest BCUT2D eigenvalue weighted by Crippen LogP contribution is -2.35. The SMILES string of the molecule is CC(=O)c1ccc(NC(=O)[C@H]2CC(Cl)=CC[C@@H]2C(=O)O)cc1. The Hall–Kier alpha value is -2.14. The van der Waals surface area contributed by atoms with Crippen LogP contribution in [0.5, 0.6) is 0 Å². The van der Waals surface area contributed by atoms with E-state index >= 15 is 0 Å². The standard InChI is InChI=1S/C16H16ClNO4/c1-9(19)10-2-5-12(6-3-10)18-15(20)14-8-11(17)4-7-13(14)16(21)22/h2-6,13-14H,7-8H2,1H3,(H,18,20)(H,21,22)/t13-,14-/m0/s1. The van der Waals surface area contributed by atoms with E-state index in [1.54, 1.807) is 30.3 Å². The first-order valence-electron chi connectivity index (χ1n) is 6.87. The summed E-state index contributed by atoms with van der Waals surface area (Å²) in [5.74, 6) is -2.93. The van der Waals surface area contributed by atoms with Crippen molar-refractivity contribution >= 4 is 34.9 Å². The summed E-state index contributed by atoms with van der Waals surface area (Å²) in [4.78, 5) is 34.8. The number of carboxylic acids is 1. The van der Waals surface area contributed by atoms with E-state index in [-0.39, 0.29) is 24.5 Å². The lowest BCUT2D eigenvalue weighted by molar-refractivity contribution is -0.146. The number of Topliss-reactive ketones (excluding diaryl/α,β-unsaturated/α-hetero) is 1. The summed E-state index contributed by atoms with van der Waals surface area (Å²) >= 11 is 5.93. The van der Waals surface area contributed by atoms with Gasteiger partial charge in [-0.1, -0.05) is 17.7 Å². The van der Waals surface area contributed by atoms with Crippen LogP contribution in [-0.4, -0.2) is 22.8 Å². The highest BCUT2D eigenvalue weighted by Crippen LogP contribution is 2.32. The Morgan fingerprint density at radius 2 is 1.82 bits per heavy atom. The lowest BCUT2D eigenvalue weighted by atomic mass is 9.82. The van der Waals surface area contributed by atoms with Gasteiger partial charge in [0.2, 0.25) is 5.91 Å². The summed E-state index contributed by atoms with van der Waals surface area (Å²) in [7, 11) is 0. The molecule has 0 fully saturated rings. The number of hydrogen-bond donors (Lipinski definition) is 2. The molecular weight excluding hydrogens is 306 g/mol. The van der Waals surface area contributed by atoms with Gasteiger partial charge in [0, 0.05) is 16.3 Å². The predicted molar refractivity (Wildman–Crippen MR) is 82.9 cm³/mol. The van der Waals surface area contributed by atoms with E-state index in [4.69, 9.17) is 11.6 Å². The molecule has 2 atom stereocenters. The summed E-state index contributed by atoms with van der Waals surface area (Å²) in [6.07, 6.45) is 2.11. The highest BCUT2D eigenvalue weighted by molar-refractivity contribution is 6.29. The van der Waals surface area contributed by atoms with Gasteiger partial charge in [-0.05, 0) is 44.0 Å². The number of amides is 1. The maximum atomic E-state index is 12.3. The molecule has 2 rings (SSSR count). The third kappa shape index (κ3) is 3.74. The van der Waals surface area contributed by atoms with Crippen LogP contribution < -0.4 is 5.32 Å². The second-order valence-electron chi connectivity index (χ2n) is 5.26. The van der Waals surface area contributed by atoms with Crippen molar-refractivity contribution in [2.75, 3.05) is 5.32 Å². The fourth-order valence-corrected chi connectivity index (χ4v) is 2.68. The van der Waals surface area contributed by atoms with Gasteiger partial charge < -0.3 is 10.4 Å². The molecule has 0 saturated carbocycles. The van der Waals surface area contributed by atoms with Crippen molar-refractivity contribution in [1.29, 1.82) is 0 Å². The molecule has 1 aromatic rings. The minimum absolute atomic E-state index is 0.0620. The topological polar surface area (TPSA) is 83.5 Å². The summed E-state index contributed by atoms with van der Waals surface area (Å²) in [5, 5.41) is 12.4. The normalized spacial score (nSPS) is 20.9. The van der Waals surface area contributed by atoms with Crippen molar-refractivity contribution < 1.29 is 19.5 Å². The van der Waals surface area contributed by atoms with E-state index in [2.05, 4.69) is 5.32 Å². The van der Waals surface area contributed by atoms with E-state index in [9.17, 15) is 19.5 Å². The van der Waals surface area contributed by atoms with E-state index in [1.807, 2.05) is 0 Å². The van der Waals surface area contributed by atoms with Crippen LogP contribution in [0.3, 0.4) is 0 Å². The minimum atomic E-state index is -1.01. The lowest BCUT2D eigenvalue weighted by Gasteiger charge is -2.25. The number of rotatable bonds is 4. The number of carbonyl (C=O) groups excluding carboxylic acids is 2. The monoisotopic (exact) mass is 321 g/mol. The molecule has 0 spiro atoms. The summed E-state index contributed by atoms with van der Waals surface area (Å²) in [5.41, 5.74) is 1.06. The van der Waals surface area contributed by atoms with Gasteiger partial charge in [0.05, 0.1) is 11.8 Å². The van der Waals surface area contributed by atoms with Gasteiger partial charge >= 0.3 is 5.97 Å². The summed E-state index contributed by atoms with van der Waals surface area (Å²) in [6.45, 7) is 1.46. The molecular formula is C16H16ClNO4. The quantitative estimate of drug-likeness (QED) is 0.835. The zero-order valence-electron chi connectivity index (χ0n) is 12.0. The Labute approximate surface area is 133 Å². The first-order chi connectivity index (χ1) is 10.4. The molecule has 0 aliphatic heterocycles. The molecule has 0 radical (unpaired) electrons. The second-order valence-corrected chi connectivity index (χ2v) is 5.75. The molecule has 0 unspecified atom stereocenters. The van der Waals surface area contributed by atoms with Gasteiger partial charge in [-0.25, -0.2) is 0 Å². The van der Waals surface area contributed by atoms with Crippen molar-refractivity contribution in [2.45, 2.75) is 19.8 Å². The number of aliphatic carboxylic acids is 1. The van der Waals surface area contributed by atoms with Crippen LogP contribution >= 0.6 is 11.6 Å². The zero-order valence-corrected chi connectivity index (χ0v) is 12.8. The molecule has 0 saturated heterocycles. The molecule has 0 aromatic heterocycles. The second kappa shape index (κ2) is 6.75. The van der Waals surface area contributed by atoms with Crippen molar-refractivity contribution in [3.05, 3.63) is 40.9 Å². The van der Waals surface area contributed by atoms with Gasteiger partial charge in [0.1, 0.15) is 0 Å². The van der Waals surface area contributed by atoms with E-state index < -0.39 is 17.8 Å². The number of hydrogen-bond acceptors (Lipinski definition) is 3. The Bertz CT molecular complexity index is 636. The molecule has 5 nitrogen and oxygen atoms in total. The number of anilines is 1. The first-order valence-corrected chi connectivity index (χ1v) is 7.25. The van der Waals surface area contributed by atoms with Crippen LogP contribution in [0.4, 0.5) is 5.69 Å². The molecule has 0 heterocycles. The zero-order chi connectivity index (χ0) is 16.3. The van der Waals surface area contributed by atoms with E-state index in [0.29, 0.717) is 16.3 Å². The fourth-order valence-electron chi connectivity index (χ4n) is 2.43. The molecule has 1 aliphatic rings. The number of ketones is 1. The number of benzene rings is 1. The summed E-state index contributed by atoms with van der Waals surface area (Å²) in [6, 6.07) is 6.45. The molecule has 22 heavy (non-hydrogen) atoms. The largest absolute Gasteiger partial charge is 0.481 e. The van der Waals surface area contributed by atoms with E-state index in [0.717, 1.165) is 0 Å². The number of allylic oxidation sites excluding steroid dienone is 2. The van der Waals surface area contributed by atoms with Crippen molar-refractivity contribution in [1.82, 2.24) is 0 Å². The van der Waals surface area contributed by atoms with Crippen LogP contribution in [0.1, 0.15) is 30.1 Å². The van der Waals surface area contributed by atoms with Gasteiger partial charge in [-0.2, -0.15) is 0 Å². The highest BCUT2D eigenvalue weighted by atomic mass is 35.5. The minimum Gasteiger partial charge on any atom is -0.481 e. The molecule has 6 heteroatoms. The maximum absolute atomic E-state index is 12.3. The number of nitrogens with one attached hydrogen (secondary N) is 1. The third-order valence-electron chi connectivity index (χ3n) is 3.71.